The molecule has 3 heterocycles. The predicted octanol–water partition coefficient (Wildman–Crippen LogP) is 5.90. The summed E-state index contributed by atoms with van der Waals surface area (Å²) in [6.45, 7) is 12.7. The van der Waals surface area contributed by atoms with Gasteiger partial charge in [0.05, 0.1) is 22.9 Å². The Kier molecular flexibility index (Phi) is 5.92. The van der Waals surface area contributed by atoms with Gasteiger partial charge in [0.2, 0.25) is 0 Å². The largest absolute Gasteiger partial charge is 0.444 e. The van der Waals surface area contributed by atoms with Crippen LogP contribution in [0.1, 0.15) is 76.0 Å². The monoisotopic (exact) mass is 506 g/mol. The van der Waals surface area contributed by atoms with Crippen LogP contribution in [0.15, 0.2) is 30.7 Å². The molecule has 2 aliphatic rings. The highest BCUT2D eigenvalue weighted by Gasteiger charge is 2.49. The number of ketones is 1. The lowest BCUT2D eigenvalue weighted by molar-refractivity contribution is -0.0395. The van der Waals surface area contributed by atoms with Crippen LogP contribution in [-0.4, -0.2) is 50.0 Å². The molecule has 0 radical (unpaired) electrons. The van der Waals surface area contributed by atoms with Crippen molar-refractivity contribution in [2.45, 2.75) is 72.8 Å². The van der Waals surface area contributed by atoms with Crippen molar-refractivity contribution < 1.29 is 18.7 Å². The van der Waals surface area contributed by atoms with Gasteiger partial charge >= 0.3 is 6.09 Å². The molecule has 1 aromatic carbocycles. The number of carbonyl (C=O) groups is 2. The van der Waals surface area contributed by atoms with E-state index in [0.29, 0.717) is 30.8 Å². The second-order valence-electron chi connectivity index (χ2n) is 12.3. The first-order valence-electron chi connectivity index (χ1n) is 13.0. The summed E-state index contributed by atoms with van der Waals surface area (Å²) in [5.74, 6) is -0.521. The third-order valence-corrected chi connectivity index (χ3v) is 7.93. The average molecular weight is 507 g/mol. The van der Waals surface area contributed by atoms with Crippen molar-refractivity contribution in [1.29, 1.82) is 0 Å². The molecule has 2 aromatic heterocycles. The van der Waals surface area contributed by atoms with Crippen LogP contribution in [0.3, 0.4) is 0 Å². The average Bonchev–Trinajstić information content (AvgIpc) is 3.14. The Bertz CT molecular complexity index is 1400. The second-order valence-corrected chi connectivity index (χ2v) is 12.3. The molecule has 1 saturated heterocycles. The summed E-state index contributed by atoms with van der Waals surface area (Å²) in [4.78, 5) is 36.8. The van der Waals surface area contributed by atoms with E-state index in [-0.39, 0.29) is 17.3 Å². The summed E-state index contributed by atoms with van der Waals surface area (Å²) >= 11 is 0. The van der Waals surface area contributed by atoms with Gasteiger partial charge in [-0.05, 0) is 64.7 Å². The number of rotatable bonds is 4. The maximum Gasteiger partial charge on any atom is 0.410 e. The van der Waals surface area contributed by atoms with E-state index in [1.807, 2.05) is 41.5 Å². The third kappa shape index (κ3) is 4.40. The van der Waals surface area contributed by atoms with Crippen LogP contribution in [0.4, 0.5) is 9.18 Å². The van der Waals surface area contributed by atoms with Gasteiger partial charge in [0.25, 0.3) is 0 Å². The number of nitrogens with zero attached hydrogens (tertiary/aromatic N) is 4. The molecule has 0 unspecified atom stereocenters. The molecule has 1 spiro atoms. The molecule has 37 heavy (non-hydrogen) atoms. The summed E-state index contributed by atoms with van der Waals surface area (Å²) in [7, 11) is 0. The maximum atomic E-state index is 14.4. The van der Waals surface area contributed by atoms with E-state index in [1.165, 1.54) is 12.1 Å². The Balaban J connectivity index is 1.55. The van der Waals surface area contributed by atoms with Crippen molar-refractivity contribution in [3.63, 3.8) is 0 Å². The third-order valence-electron chi connectivity index (χ3n) is 7.93. The van der Waals surface area contributed by atoms with Crippen molar-refractivity contribution in [3.8, 4) is 5.69 Å². The number of fused-ring (bicyclic) bond motifs is 3. The molecule has 196 valence electrons. The topological polar surface area (TPSA) is 77.3 Å². The van der Waals surface area contributed by atoms with Crippen LogP contribution >= 0.6 is 0 Å². The van der Waals surface area contributed by atoms with E-state index in [2.05, 4.69) is 14.5 Å². The van der Waals surface area contributed by atoms with Crippen LogP contribution in [0.2, 0.25) is 0 Å². The Labute approximate surface area is 217 Å². The zero-order chi connectivity index (χ0) is 26.8. The van der Waals surface area contributed by atoms with Gasteiger partial charge in [-0.2, -0.15) is 0 Å². The molecular formula is C29H35FN4O3. The quantitative estimate of drug-likeness (QED) is 0.412. The van der Waals surface area contributed by atoms with Crippen LogP contribution in [0.25, 0.3) is 16.7 Å². The van der Waals surface area contributed by atoms with Gasteiger partial charge in [0.1, 0.15) is 17.7 Å². The maximum absolute atomic E-state index is 14.4. The smallest absolute Gasteiger partial charge is 0.410 e. The van der Waals surface area contributed by atoms with E-state index in [9.17, 15) is 14.0 Å². The Morgan fingerprint density at radius 2 is 1.89 bits per heavy atom. The van der Waals surface area contributed by atoms with Crippen molar-refractivity contribution in [3.05, 3.63) is 53.4 Å². The first kappa shape index (κ1) is 25.4. The molecule has 0 N–H and O–H groups in total. The minimum Gasteiger partial charge on any atom is -0.444 e. The fourth-order valence-electron chi connectivity index (χ4n) is 5.61. The number of carbonyl (C=O) groups excluding carboxylic acids is 2. The van der Waals surface area contributed by atoms with E-state index in [4.69, 9.17) is 4.74 Å². The summed E-state index contributed by atoms with van der Waals surface area (Å²) in [5.41, 5.74) is 3.70. The van der Waals surface area contributed by atoms with E-state index in [1.54, 1.807) is 23.5 Å². The van der Waals surface area contributed by atoms with Crippen LogP contribution < -0.4 is 0 Å². The molecule has 5 rings (SSSR count). The Hall–Kier alpha value is -3.29. The molecular weight excluding hydrogens is 471 g/mol. The normalized spacial score (nSPS) is 17.0. The van der Waals surface area contributed by atoms with E-state index >= 15 is 0 Å². The van der Waals surface area contributed by atoms with Gasteiger partial charge < -0.3 is 14.2 Å². The fraction of sp³-hybridized carbons (Fsp3) is 0.517. The van der Waals surface area contributed by atoms with Crippen LogP contribution in [-0.2, 0) is 17.6 Å². The molecule has 0 bridgehead atoms. The number of aromatic nitrogens is 3. The van der Waals surface area contributed by atoms with Gasteiger partial charge in [0.15, 0.2) is 5.78 Å². The number of hydrogen-bond donors (Lipinski definition) is 0. The van der Waals surface area contributed by atoms with Crippen molar-refractivity contribution in [2.24, 2.45) is 10.8 Å². The van der Waals surface area contributed by atoms with E-state index in [0.717, 1.165) is 41.6 Å². The molecule has 1 fully saturated rings. The molecule has 0 saturated carbocycles. The van der Waals surface area contributed by atoms with Crippen LogP contribution in [0, 0.1) is 16.6 Å². The standard InChI is InChI=1S/C29H35FN4O3/c1-7-28(5,6)25(35)19-12-18(30)8-9-21(19)34-22-10-11-29(13-20(22)24-23(34)14-31-17-32-24)15-33(16-29)26(36)37-27(2,3)4/h8-9,12,14,17H,7,10-11,13,15-16H2,1-6H3. The number of hydrogen-bond acceptors (Lipinski definition) is 5. The van der Waals surface area contributed by atoms with Crippen molar-refractivity contribution in [1.82, 2.24) is 19.4 Å². The molecule has 7 nitrogen and oxygen atoms in total. The number of Topliss-reactive ketones (excluding diaryl/α,β-unsaturated/α-hetero) is 1. The molecule has 8 heteroatoms. The fourth-order valence-corrected chi connectivity index (χ4v) is 5.61. The molecule has 0 atom stereocenters. The van der Waals surface area contributed by atoms with Crippen molar-refractivity contribution >= 4 is 22.9 Å². The number of halogens is 1. The minimum absolute atomic E-state index is 0.0282. The molecule has 1 aliphatic heterocycles. The van der Waals surface area contributed by atoms with Gasteiger partial charge in [-0.1, -0.05) is 20.8 Å². The highest BCUT2D eigenvalue weighted by Crippen LogP contribution is 2.46. The number of likely N-dealkylation sites (tertiary alicyclic amines) is 1. The van der Waals surface area contributed by atoms with Gasteiger partial charge in [0, 0.05) is 40.7 Å². The lowest BCUT2D eigenvalue weighted by Gasteiger charge is -2.52. The first-order chi connectivity index (χ1) is 17.3. The SMILES string of the molecule is CCC(C)(C)C(=O)c1cc(F)ccc1-n1c2c(c3ncncc31)CC1(CC2)CN(C(=O)OC(C)(C)C)C1. The van der Waals surface area contributed by atoms with Gasteiger partial charge in [-0.15, -0.1) is 0 Å². The first-order valence-corrected chi connectivity index (χ1v) is 13.0. The summed E-state index contributed by atoms with van der Waals surface area (Å²) in [6.07, 6.45) is 6.10. The summed E-state index contributed by atoms with van der Waals surface area (Å²) in [6, 6.07) is 4.45. The minimum atomic E-state index is -0.622. The van der Waals surface area contributed by atoms with Gasteiger partial charge in [-0.3, -0.25) is 4.79 Å². The predicted molar refractivity (Wildman–Crippen MR) is 139 cm³/mol. The second kappa shape index (κ2) is 8.64. The van der Waals surface area contributed by atoms with Crippen molar-refractivity contribution in [2.75, 3.05) is 13.1 Å². The molecule has 1 aliphatic carbocycles. The lowest BCUT2D eigenvalue weighted by Crippen LogP contribution is -2.61. The summed E-state index contributed by atoms with van der Waals surface area (Å²) in [5, 5.41) is 0. The zero-order valence-corrected chi connectivity index (χ0v) is 22.5. The molecule has 3 aromatic rings. The van der Waals surface area contributed by atoms with E-state index < -0.39 is 16.8 Å². The highest BCUT2D eigenvalue weighted by atomic mass is 19.1. The van der Waals surface area contributed by atoms with Crippen LogP contribution in [0.5, 0.6) is 0 Å². The highest BCUT2D eigenvalue weighted by molar-refractivity contribution is 6.03. The molecule has 1 amide bonds. The number of ether oxygens (including phenoxy) is 1. The number of benzene rings is 1. The lowest BCUT2D eigenvalue weighted by atomic mass is 9.68. The zero-order valence-electron chi connectivity index (χ0n) is 22.5. The Morgan fingerprint density at radius 1 is 1.16 bits per heavy atom. The number of amides is 1. The summed E-state index contributed by atoms with van der Waals surface area (Å²) < 4.78 is 22.0. The Morgan fingerprint density at radius 3 is 2.57 bits per heavy atom. The van der Waals surface area contributed by atoms with Gasteiger partial charge in [-0.25, -0.2) is 19.2 Å².